The molecule has 0 aliphatic carbocycles. The van der Waals surface area contributed by atoms with Gasteiger partial charge < -0.3 is 4.74 Å². The van der Waals surface area contributed by atoms with Crippen LogP contribution in [0.3, 0.4) is 0 Å². The normalized spacial score (nSPS) is 12.1. The van der Waals surface area contributed by atoms with Crippen LogP contribution in [0.25, 0.3) is 11.4 Å². The SMILES string of the molecule is CCCCCCc1ccnc(-c2ccccc2OCCC(C)CC)n1. The Bertz CT molecular complexity index is 627. The number of aromatic nitrogens is 2. The van der Waals surface area contributed by atoms with E-state index < -0.39 is 0 Å². The number of para-hydroxylation sites is 1. The molecule has 0 radical (unpaired) electrons. The number of unbranched alkanes of at least 4 members (excludes halogenated alkanes) is 3. The Morgan fingerprint density at radius 1 is 1.04 bits per heavy atom. The second-order valence-corrected chi connectivity index (χ2v) is 6.83. The second-order valence-electron chi connectivity index (χ2n) is 6.83. The van der Waals surface area contributed by atoms with Crippen LogP contribution in [0.4, 0.5) is 0 Å². The molecule has 0 saturated heterocycles. The minimum atomic E-state index is 0.690. The predicted molar refractivity (Wildman–Crippen MR) is 105 cm³/mol. The van der Waals surface area contributed by atoms with Gasteiger partial charge in [0.15, 0.2) is 5.82 Å². The maximum Gasteiger partial charge on any atom is 0.163 e. The Kier molecular flexibility index (Phi) is 8.44. The zero-order chi connectivity index (χ0) is 17.9. The minimum absolute atomic E-state index is 0.690. The van der Waals surface area contributed by atoms with Gasteiger partial charge in [0.05, 0.1) is 12.2 Å². The molecule has 0 N–H and O–H groups in total. The van der Waals surface area contributed by atoms with Crippen molar-refractivity contribution in [1.82, 2.24) is 9.97 Å². The molecule has 0 saturated carbocycles. The third kappa shape index (κ3) is 6.49. The van der Waals surface area contributed by atoms with Gasteiger partial charge in [-0.25, -0.2) is 9.97 Å². The summed E-state index contributed by atoms with van der Waals surface area (Å²) >= 11 is 0. The van der Waals surface area contributed by atoms with Crippen LogP contribution in [0.1, 0.15) is 65.0 Å². The molecule has 25 heavy (non-hydrogen) atoms. The molecule has 1 atom stereocenters. The molecule has 1 aromatic heterocycles. The smallest absolute Gasteiger partial charge is 0.163 e. The highest BCUT2D eigenvalue weighted by atomic mass is 16.5. The first-order valence-corrected chi connectivity index (χ1v) is 9.78. The van der Waals surface area contributed by atoms with Crippen molar-refractivity contribution in [2.75, 3.05) is 6.61 Å². The van der Waals surface area contributed by atoms with Crippen LogP contribution in [-0.4, -0.2) is 16.6 Å². The molecule has 0 spiro atoms. The number of benzene rings is 1. The van der Waals surface area contributed by atoms with Gasteiger partial charge in [0.1, 0.15) is 5.75 Å². The van der Waals surface area contributed by atoms with Gasteiger partial charge in [-0.2, -0.15) is 0 Å². The lowest BCUT2D eigenvalue weighted by Gasteiger charge is -2.13. The summed E-state index contributed by atoms with van der Waals surface area (Å²) in [6.45, 7) is 7.46. The van der Waals surface area contributed by atoms with Gasteiger partial charge in [0.25, 0.3) is 0 Å². The lowest BCUT2D eigenvalue weighted by atomic mass is 10.1. The number of hydrogen-bond acceptors (Lipinski definition) is 3. The summed E-state index contributed by atoms with van der Waals surface area (Å²) in [4.78, 5) is 9.25. The molecule has 0 fully saturated rings. The third-order valence-electron chi connectivity index (χ3n) is 4.69. The standard InChI is InChI=1S/C22H32N2O/c1-4-6-7-8-11-19-14-16-23-22(24-19)20-12-9-10-13-21(20)25-17-15-18(3)5-2/h9-10,12-14,16,18H,4-8,11,15,17H2,1-3H3. The van der Waals surface area contributed by atoms with Crippen LogP contribution < -0.4 is 4.74 Å². The van der Waals surface area contributed by atoms with Gasteiger partial charge in [-0.05, 0) is 43.4 Å². The molecule has 2 rings (SSSR count). The van der Waals surface area contributed by atoms with E-state index in [0.717, 1.165) is 42.3 Å². The van der Waals surface area contributed by atoms with Crippen molar-refractivity contribution in [2.24, 2.45) is 5.92 Å². The number of aryl methyl sites for hydroxylation is 1. The fourth-order valence-corrected chi connectivity index (χ4v) is 2.75. The summed E-state index contributed by atoms with van der Waals surface area (Å²) in [5.74, 6) is 2.34. The molecule has 0 bridgehead atoms. The minimum Gasteiger partial charge on any atom is -0.493 e. The van der Waals surface area contributed by atoms with E-state index in [4.69, 9.17) is 9.72 Å². The van der Waals surface area contributed by atoms with Crippen LogP contribution >= 0.6 is 0 Å². The molecule has 0 aliphatic rings. The average molecular weight is 341 g/mol. The van der Waals surface area contributed by atoms with Gasteiger partial charge in [0, 0.05) is 11.9 Å². The lowest BCUT2D eigenvalue weighted by Crippen LogP contribution is -2.04. The van der Waals surface area contributed by atoms with Gasteiger partial charge >= 0.3 is 0 Å². The van der Waals surface area contributed by atoms with E-state index in [1.807, 2.05) is 30.5 Å². The molecule has 3 heteroatoms. The van der Waals surface area contributed by atoms with Crippen molar-refractivity contribution >= 4 is 0 Å². The van der Waals surface area contributed by atoms with Crippen molar-refractivity contribution in [2.45, 2.75) is 65.7 Å². The summed E-state index contributed by atoms with van der Waals surface area (Å²) in [6, 6.07) is 10.1. The van der Waals surface area contributed by atoms with Gasteiger partial charge in [-0.15, -0.1) is 0 Å². The quantitative estimate of drug-likeness (QED) is 0.465. The van der Waals surface area contributed by atoms with Gasteiger partial charge in [-0.1, -0.05) is 58.6 Å². The maximum atomic E-state index is 6.04. The molecule has 1 unspecified atom stereocenters. The van der Waals surface area contributed by atoms with Gasteiger partial charge in [-0.3, -0.25) is 0 Å². The molecular weight excluding hydrogens is 308 g/mol. The number of rotatable bonds is 11. The topological polar surface area (TPSA) is 35.0 Å². The molecule has 1 aromatic carbocycles. The molecule has 0 aliphatic heterocycles. The Morgan fingerprint density at radius 2 is 1.88 bits per heavy atom. The molecular formula is C22H32N2O. The molecule has 3 nitrogen and oxygen atoms in total. The van der Waals surface area contributed by atoms with E-state index in [9.17, 15) is 0 Å². The average Bonchev–Trinajstić information content (AvgIpc) is 2.66. The summed E-state index contributed by atoms with van der Waals surface area (Å²) in [5, 5.41) is 0. The fourth-order valence-electron chi connectivity index (χ4n) is 2.75. The zero-order valence-electron chi connectivity index (χ0n) is 16.0. The van der Waals surface area contributed by atoms with Crippen molar-refractivity contribution < 1.29 is 4.74 Å². The van der Waals surface area contributed by atoms with Crippen LogP contribution in [0, 0.1) is 5.92 Å². The molecule has 136 valence electrons. The summed E-state index contributed by atoms with van der Waals surface area (Å²) in [5.41, 5.74) is 2.11. The monoisotopic (exact) mass is 340 g/mol. The van der Waals surface area contributed by atoms with E-state index in [1.165, 1.54) is 32.1 Å². The van der Waals surface area contributed by atoms with Crippen molar-refractivity contribution in [3.05, 3.63) is 42.2 Å². The summed E-state index contributed by atoms with van der Waals surface area (Å²) in [6.07, 6.45) is 10.2. The summed E-state index contributed by atoms with van der Waals surface area (Å²) < 4.78 is 6.04. The first kappa shape index (κ1) is 19.4. The number of nitrogens with zero attached hydrogens (tertiary/aromatic N) is 2. The Labute approximate surface area is 152 Å². The Morgan fingerprint density at radius 3 is 2.68 bits per heavy atom. The molecule has 2 aromatic rings. The van der Waals surface area contributed by atoms with E-state index in [2.05, 4.69) is 31.8 Å². The van der Waals surface area contributed by atoms with E-state index in [1.54, 1.807) is 0 Å². The number of ether oxygens (including phenoxy) is 1. The summed E-state index contributed by atoms with van der Waals surface area (Å²) in [7, 11) is 0. The van der Waals surface area contributed by atoms with Crippen molar-refractivity contribution in [3.63, 3.8) is 0 Å². The van der Waals surface area contributed by atoms with Crippen LogP contribution in [-0.2, 0) is 6.42 Å². The highest BCUT2D eigenvalue weighted by Gasteiger charge is 2.10. The zero-order valence-corrected chi connectivity index (χ0v) is 16.0. The van der Waals surface area contributed by atoms with Crippen LogP contribution in [0.5, 0.6) is 5.75 Å². The Balaban J connectivity index is 2.05. The van der Waals surface area contributed by atoms with Crippen LogP contribution in [0.15, 0.2) is 36.5 Å². The largest absolute Gasteiger partial charge is 0.493 e. The predicted octanol–water partition coefficient (Wildman–Crippen LogP) is 6.08. The second kappa shape index (κ2) is 10.9. The van der Waals surface area contributed by atoms with E-state index in [-0.39, 0.29) is 0 Å². The molecule has 0 amide bonds. The number of hydrogen-bond donors (Lipinski definition) is 0. The molecule has 1 heterocycles. The van der Waals surface area contributed by atoms with Gasteiger partial charge in [0.2, 0.25) is 0 Å². The van der Waals surface area contributed by atoms with Crippen LogP contribution in [0.2, 0.25) is 0 Å². The first-order chi connectivity index (χ1) is 12.2. The lowest BCUT2D eigenvalue weighted by molar-refractivity contribution is 0.282. The van der Waals surface area contributed by atoms with Crippen molar-refractivity contribution in [3.8, 4) is 17.1 Å². The third-order valence-corrected chi connectivity index (χ3v) is 4.69. The van der Waals surface area contributed by atoms with E-state index >= 15 is 0 Å². The fraction of sp³-hybridized carbons (Fsp3) is 0.545. The van der Waals surface area contributed by atoms with E-state index in [0.29, 0.717) is 5.92 Å². The Hall–Kier alpha value is -1.90. The van der Waals surface area contributed by atoms with Crippen molar-refractivity contribution in [1.29, 1.82) is 0 Å². The maximum absolute atomic E-state index is 6.04. The highest BCUT2D eigenvalue weighted by Crippen LogP contribution is 2.27. The highest BCUT2D eigenvalue weighted by molar-refractivity contribution is 5.63. The first-order valence-electron chi connectivity index (χ1n) is 9.78.